The molecular formula is C5H12O2Sc. The van der Waals surface area contributed by atoms with Crippen LogP contribution in [-0.4, -0.2) is 22.4 Å². The number of aliphatic hydroxyl groups excluding tert-OH is 2. The summed E-state index contributed by atoms with van der Waals surface area (Å²) in [7, 11) is 0. The van der Waals surface area contributed by atoms with Crippen LogP contribution in [-0.2, 0) is 25.8 Å². The van der Waals surface area contributed by atoms with E-state index in [-0.39, 0.29) is 38.1 Å². The molecule has 8 heavy (non-hydrogen) atoms. The van der Waals surface area contributed by atoms with Crippen LogP contribution in [0.4, 0.5) is 0 Å². The summed E-state index contributed by atoms with van der Waals surface area (Å²) in [5.41, 5.74) is 0. The molecular weight excluding hydrogens is 137 g/mol. The van der Waals surface area contributed by atoms with E-state index in [1.54, 1.807) is 13.8 Å². The molecule has 0 heterocycles. The van der Waals surface area contributed by atoms with Gasteiger partial charge in [0.1, 0.15) is 0 Å². The van der Waals surface area contributed by atoms with Crippen molar-refractivity contribution < 1.29 is 36.1 Å². The Hall–Kier alpha value is 0.790. The van der Waals surface area contributed by atoms with Gasteiger partial charge in [-0.1, -0.05) is 0 Å². The summed E-state index contributed by atoms with van der Waals surface area (Å²) in [6.45, 7) is 3.32. The summed E-state index contributed by atoms with van der Waals surface area (Å²) in [6, 6.07) is 0. The van der Waals surface area contributed by atoms with Crippen LogP contribution >= 0.6 is 0 Å². The van der Waals surface area contributed by atoms with E-state index < -0.39 is 0 Å². The smallest absolute Gasteiger partial charge is 0.0536 e. The van der Waals surface area contributed by atoms with Gasteiger partial charge in [0.05, 0.1) is 12.2 Å². The van der Waals surface area contributed by atoms with Gasteiger partial charge >= 0.3 is 0 Å². The first-order valence-corrected chi connectivity index (χ1v) is 2.49. The second-order valence-corrected chi connectivity index (χ2v) is 1.93. The van der Waals surface area contributed by atoms with Crippen LogP contribution in [0.2, 0.25) is 0 Å². The number of aliphatic hydroxyl groups is 2. The normalized spacial score (nSPS) is 16.5. The quantitative estimate of drug-likeness (QED) is 0.586. The summed E-state index contributed by atoms with van der Waals surface area (Å²) < 4.78 is 0. The summed E-state index contributed by atoms with van der Waals surface area (Å²) in [4.78, 5) is 0. The fourth-order valence-electron chi connectivity index (χ4n) is 0.494. The van der Waals surface area contributed by atoms with Crippen LogP contribution in [0.5, 0.6) is 0 Å². The molecule has 0 aromatic rings. The standard InChI is InChI=1S/C5H12O2.Sc/c1-4(6)3-5(2)7;/h4-7H,3H2,1-2H3;. The summed E-state index contributed by atoms with van der Waals surface area (Å²) in [5.74, 6) is 0. The molecule has 0 aliphatic rings. The molecule has 2 unspecified atom stereocenters. The average molecular weight is 149 g/mol. The van der Waals surface area contributed by atoms with Crippen molar-refractivity contribution in [2.75, 3.05) is 0 Å². The van der Waals surface area contributed by atoms with Crippen molar-refractivity contribution in [3.63, 3.8) is 0 Å². The largest absolute Gasteiger partial charge is 0.393 e. The molecule has 0 spiro atoms. The van der Waals surface area contributed by atoms with E-state index >= 15 is 0 Å². The molecule has 0 saturated heterocycles. The summed E-state index contributed by atoms with van der Waals surface area (Å²) in [6.07, 6.45) is -0.278. The van der Waals surface area contributed by atoms with E-state index in [0.29, 0.717) is 6.42 Å². The molecule has 47 valence electrons. The van der Waals surface area contributed by atoms with Gasteiger partial charge in [-0.25, -0.2) is 0 Å². The number of hydrogen-bond acceptors (Lipinski definition) is 2. The molecule has 0 fully saturated rings. The predicted octanol–water partition coefficient (Wildman–Crippen LogP) is 0.136. The molecule has 0 amide bonds. The van der Waals surface area contributed by atoms with E-state index in [4.69, 9.17) is 10.2 Å². The van der Waals surface area contributed by atoms with E-state index in [0.717, 1.165) is 0 Å². The van der Waals surface area contributed by atoms with Crippen molar-refractivity contribution in [1.29, 1.82) is 0 Å². The van der Waals surface area contributed by atoms with Crippen molar-refractivity contribution in [2.24, 2.45) is 0 Å². The Morgan fingerprint density at radius 2 is 1.38 bits per heavy atom. The molecule has 2 N–H and O–H groups in total. The van der Waals surface area contributed by atoms with E-state index in [1.165, 1.54) is 0 Å². The van der Waals surface area contributed by atoms with Crippen molar-refractivity contribution in [3.8, 4) is 0 Å². The Kier molecular flexibility index (Phi) is 8.56. The van der Waals surface area contributed by atoms with Gasteiger partial charge < -0.3 is 10.2 Å². The maximum atomic E-state index is 8.56. The van der Waals surface area contributed by atoms with Crippen LogP contribution in [0, 0.1) is 0 Å². The Labute approximate surface area is 68.7 Å². The van der Waals surface area contributed by atoms with Gasteiger partial charge in [-0.05, 0) is 20.3 Å². The van der Waals surface area contributed by atoms with Gasteiger partial charge in [-0.2, -0.15) is 0 Å². The van der Waals surface area contributed by atoms with Crippen molar-refractivity contribution >= 4 is 0 Å². The minimum atomic E-state index is -0.375. The number of hydrogen-bond donors (Lipinski definition) is 2. The third kappa shape index (κ3) is 9.92. The van der Waals surface area contributed by atoms with Gasteiger partial charge in [0.25, 0.3) is 0 Å². The van der Waals surface area contributed by atoms with E-state index in [2.05, 4.69) is 0 Å². The Morgan fingerprint density at radius 1 is 1.12 bits per heavy atom. The zero-order valence-corrected chi connectivity index (χ0v) is 7.14. The second kappa shape index (κ2) is 5.92. The Bertz CT molecular complexity index is 39.7. The first-order valence-electron chi connectivity index (χ1n) is 2.49. The van der Waals surface area contributed by atoms with Crippen molar-refractivity contribution in [1.82, 2.24) is 0 Å². The van der Waals surface area contributed by atoms with Crippen LogP contribution in [0.15, 0.2) is 0 Å². The van der Waals surface area contributed by atoms with E-state index in [1.807, 2.05) is 0 Å². The van der Waals surface area contributed by atoms with Gasteiger partial charge in [-0.3, -0.25) is 0 Å². The monoisotopic (exact) mass is 149 g/mol. The minimum Gasteiger partial charge on any atom is -0.393 e. The third-order valence-corrected chi connectivity index (χ3v) is 0.682. The maximum absolute atomic E-state index is 8.56. The van der Waals surface area contributed by atoms with E-state index in [9.17, 15) is 0 Å². The molecule has 0 aromatic heterocycles. The molecule has 1 radical (unpaired) electrons. The van der Waals surface area contributed by atoms with Crippen LogP contribution in [0.1, 0.15) is 20.3 Å². The second-order valence-electron chi connectivity index (χ2n) is 1.93. The maximum Gasteiger partial charge on any atom is 0.0536 e. The van der Waals surface area contributed by atoms with Gasteiger partial charge in [-0.15, -0.1) is 0 Å². The number of rotatable bonds is 2. The molecule has 0 aliphatic carbocycles. The van der Waals surface area contributed by atoms with Crippen molar-refractivity contribution in [2.45, 2.75) is 32.5 Å². The van der Waals surface area contributed by atoms with Gasteiger partial charge in [0.2, 0.25) is 0 Å². The molecule has 0 rings (SSSR count). The zero-order valence-electron chi connectivity index (χ0n) is 5.33. The van der Waals surface area contributed by atoms with Gasteiger partial charge in [0.15, 0.2) is 0 Å². The average Bonchev–Trinajstić information content (AvgIpc) is 1.27. The predicted molar refractivity (Wildman–Crippen MR) is 28.0 cm³/mol. The van der Waals surface area contributed by atoms with Crippen molar-refractivity contribution in [3.05, 3.63) is 0 Å². The molecule has 0 aromatic carbocycles. The Balaban J connectivity index is 0. The first-order chi connectivity index (χ1) is 3.13. The van der Waals surface area contributed by atoms with Crippen LogP contribution in [0.25, 0.3) is 0 Å². The third-order valence-electron chi connectivity index (χ3n) is 0.682. The molecule has 0 bridgehead atoms. The van der Waals surface area contributed by atoms with Crippen LogP contribution < -0.4 is 0 Å². The molecule has 0 saturated carbocycles. The fourth-order valence-corrected chi connectivity index (χ4v) is 0.494. The molecule has 3 heteroatoms. The van der Waals surface area contributed by atoms with Crippen LogP contribution in [0.3, 0.4) is 0 Å². The Morgan fingerprint density at radius 3 is 1.38 bits per heavy atom. The SMILES string of the molecule is CC(O)CC(C)O.[Sc]. The zero-order chi connectivity index (χ0) is 5.86. The molecule has 2 nitrogen and oxygen atoms in total. The minimum absolute atomic E-state index is 0. The summed E-state index contributed by atoms with van der Waals surface area (Å²) in [5, 5.41) is 17.1. The van der Waals surface area contributed by atoms with Gasteiger partial charge in [0, 0.05) is 25.8 Å². The first kappa shape index (κ1) is 11.6. The summed E-state index contributed by atoms with van der Waals surface area (Å²) >= 11 is 0. The molecule has 2 atom stereocenters. The molecule has 0 aliphatic heterocycles. The topological polar surface area (TPSA) is 40.5 Å². The fraction of sp³-hybridized carbons (Fsp3) is 1.00.